The molecule has 0 aliphatic carbocycles. The first-order valence-electron chi connectivity index (χ1n) is 12.4. The number of rotatable bonds is 6. The molecule has 0 radical (unpaired) electrons. The Kier molecular flexibility index (Phi) is 8.30. The monoisotopic (exact) mass is 474 g/mol. The van der Waals surface area contributed by atoms with Gasteiger partial charge >= 0.3 is 0 Å². The molecule has 182 valence electrons. The smallest absolute Gasteiger partial charge is 0.169 e. The zero-order valence-electron chi connectivity index (χ0n) is 21.4. The van der Waals surface area contributed by atoms with Gasteiger partial charge in [-0.2, -0.15) is 0 Å². The molecule has 0 unspecified atom stereocenters. The molecule has 0 fully saturated rings. The van der Waals surface area contributed by atoms with E-state index in [0.29, 0.717) is 11.7 Å². The molecule has 0 aliphatic heterocycles. The van der Waals surface area contributed by atoms with Crippen LogP contribution in [0.25, 0.3) is 0 Å². The molecule has 0 aromatic heterocycles. The lowest BCUT2D eigenvalue weighted by molar-refractivity contribution is 0.813. The molecule has 0 amide bonds. The molecule has 0 saturated heterocycles. The highest BCUT2D eigenvalue weighted by molar-refractivity contribution is 6.48. The highest BCUT2D eigenvalue weighted by Crippen LogP contribution is 2.21. The van der Waals surface area contributed by atoms with Crippen LogP contribution in [-0.2, 0) is 0 Å². The normalized spacial score (nSPS) is 13.7. The summed E-state index contributed by atoms with van der Waals surface area (Å²) >= 11 is 0. The van der Waals surface area contributed by atoms with Crippen LogP contribution in [0.15, 0.2) is 119 Å². The van der Waals surface area contributed by atoms with Crippen molar-refractivity contribution < 1.29 is 0 Å². The number of hydrogen-bond acceptors (Lipinski definition) is 2. The summed E-state index contributed by atoms with van der Waals surface area (Å²) in [6, 6.07) is 37.2. The van der Waals surface area contributed by atoms with E-state index in [-0.39, 0.29) is 12.1 Å². The van der Waals surface area contributed by atoms with Gasteiger partial charge in [-0.3, -0.25) is 9.98 Å². The van der Waals surface area contributed by atoms with E-state index in [4.69, 9.17) is 9.98 Å². The summed E-state index contributed by atoms with van der Waals surface area (Å²) in [6.45, 7) is 8.39. The molecule has 4 rings (SSSR count). The van der Waals surface area contributed by atoms with E-state index in [0.717, 1.165) is 22.5 Å². The number of nitrogens with one attached hydrogen (secondary N) is 2. The van der Waals surface area contributed by atoms with Crippen LogP contribution in [0.2, 0.25) is 0 Å². The number of hydrogen-bond donors (Lipinski definition) is 2. The van der Waals surface area contributed by atoms with Crippen LogP contribution < -0.4 is 10.6 Å². The van der Waals surface area contributed by atoms with Crippen molar-refractivity contribution in [2.24, 2.45) is 9.98 Å². The van der Waals surface area contributed by atoms with Crippen molar-refractivity contribution in [2.75, 3.05) is 10.6 Å². The quantitative estimate of drug-likeness (QED) is 0.219. The van der Waals surface area contributed by atoms with E-state index < -0.39 is 0 Å². The van der Waals surface area contributed by atoms with Gasteiger partial charge in [0, 0.05) is 11.4 Å². The molecule has 2 N–H and O–H groups in total. The van der Waals surface area contributed by atoms with Gasteiger partial charge < -0.3 is 10.6 Å². The summed E-state index contributed by atoms with van der Waals surface area (Å²) in [5, 5.41) is 7.10. The minimum Gasteiger partial charge on any atom is -0.337 e. The predicted octanol–water partition coefficient (Wildman–Crippen LogP) is 8.15. The molecule has 2 atom stereocenters. The zero-order valence-corrected chi connectivity index (χ0v) is 21.4. The molecule has 4 nitrogen and oxygen atoms in total. The van der Waals surface area contributed by atoms with E-state index in [1.807, 2.05) is 36.4 Å². The molecular formula is C32H34N4. The van der Waals surface area contributed by atoms with Gasteiger partial charge in [0.15, 0.2) is 11.7 Å². The van der Waals surface area contributed by atoms with Crippen LogP contribution in [0.1, 0.15) is 48.2 Å². The van der Waals surface area contributed by atoms with Crippen LogP contribution in [0.4, 0.5) is 11.4 Å². The maximum atomic E-state index is 5.14. The van der Waals surface area contributed by atoms with Crippen LogP contribution in [0.3, 0.4) is 0 Å². The van der Waals surface area contributed by atoms with Crippen molar-refractivity contribution in [3.05, 3.63) is 131 Å². The average molecular weight is 475 g/mol. The number of benzene rings is 4. The third kappa shape index (κ3) is 6.92. The summed E-state index contributed by atoms with van der Waals surface area (Å²) in [5.41, 5.74) is 6.64. The number of aryl methyl sites for hydroxylation is 2. The molecule has 0 heterocycles. The standard InChI is InChI=1S/C32H34N4/c1-23-15-19-29(20-16-23)35-31(33-25(3)27-11-7-5-8-12-27)32(36-30-21-17-24(2)18-22-30)34-26(4)28-13-9-6-10-14-28/h5-22,25-26H,1-4H3,(H,33,35)(H,34,36)/t25-,26-/m0/s1. The number of anilines is 2. The van der Waals surface area contributed by atoms with Crippen LogP contribution >= 0.6 is 0 Å². The summed E-state index contributed by atoms with van der Waals surface area (Å²) < 4.78 is 0. The Hall–Kier alpha value is -4.18. The van der Waals surface area contributed by atoms with Gasteiger partial charge in [0.05, 0.1) is 12.1 Å². The fourth-order valence-corrected chi connectivity index (χ4v) is 3.85. The molecule has 36 heavy (non-hydrogen) atoms. The van der Waals surface area contributed by atoms with Crippen molar-refractivity contribution in [1.82, 2.24) is 0 Å². The maximum Gasteiger partial charge on any atom is 0.169 e. The predicted molar refractivity (Wildman–Crippen MR) is 154 cm³/mol. The van der Waals surface area contributed by atoms with Gasteiger partial charge in [0.25, 0.3) is 0 Å². The lowest BCUT2D eigenvalue weighted by Crippen LogP contribution is -2.31. The van der Waals surface area contributed by atoms with Crippen LogP contribution in [-0.4, -0.2) is 11.7 Å². The third-order valence-electron chi connectivity index (χ3n) is 6.06. The minimum absolute atomic E-state index is 0.0591. The summed E-state index contributed by atoms with van der Waals surface area (Å²) in [4.78, 5) is 10.3. The Labute approximate surface area is 214 Å². The first kappa shape index (κ1) is 24.9. The fraction of sp³-hybridized carbons (Fsp3) is 0.188. The van der Waals surface area contributed by atoms with Crippen molar-refractivity contribution >= 4 is 23.0 Å². The van der Waals surface area contributed by atoms with Crippen molar-refractivity contribution in [2.45, 2.75) is 39.8 Å². The largest absolute Gasteiger partial charge is 0.337 e. The van der Waals surface area contributed by atoms with Crippen molar-refractivity contribution in [3.8, 4) is 0 Å². The molecular weight excluding hydrogens is 440 g/mol. The first-order chi connectivity index (χ1) is 17.5. The van der Waals surface area contributed by atoms with Crippen molar-refractivity contribution in [1.29, 1.82) is 0 Å². The van der Waals surface area contributed by atoms with Gasteiger partial charge in [0.2, 0.25) is 0 Å². The van der Waals surface area contributed by atoms with Gasteiger partial charge in [-0.1, -0.05) is 96.1 Å². The maximum absolute atomic E-state index is 5.14. The molecule has 4 aromatic rings. The Bertz CT molecular complexity index is 1190. The summed E-state index contributed by atoms with van der Waals surface area (Å²) in [6.07, 6.45) is 0. The van der Waals surface area contributed by atoms with E-state index in [2.05, 4.69) is 111 Å². The lowest BCUT2D eigenvalue weighted by Gasteiger charge is -2.19. The highest BCUT2D eigenvalue weighted by atomic mass is 15.1. The molecule has 0 aliphatic rings. The molecule has 4 heteroatoms. The van der Waals surface area contributed by atoms with Gasteiger partial charge in [-0.15, -0.1) is 0 Å². The van der Waals surface area contributed by atoms with Gasteiger partial charge in [-0.25, -0.2) is 0 Å². The van der Waals surface area contributed by atoms with Crippen LogP contribution in [0, 0.1) is 13.8 Å². The van der Waals surface area contributed by atoms with Crippen LogP contribution in [0.5, 0.6) is 0 Å². The fourth-order valence-electron chi connectivity index (χ4n) is 3.85. The van der Waals surface area contributed by atoms with E-state index in [1.54, 1.807) is 0 Å². The Morgan fingerprint density at radius 3 is 1.17 bits per heavy atom. The number of nitrogens with zero attached hydrogens (tertiary/aromatic N) is 2. The van der Waals surface area contributed by atoms with E-state index >= 15 is 0 Å². The average Bonchev–Trinajstić information content (AvgIpc) is 2.91. The van der Waals surface area contributed by atoms with E-state index in [1.165, 1.54) is 11.1 Å². The summed E-state index contributed by atoms with van der Waals surface area (Å²) in [7, 11) is 0. The zero-order chi connectivity index (χ0) is 25.3. The third-order valence-corrected chi connectivity index (χ3v) is 6.06. The van der Waals surface area contributed by atoms with Gasteiger partial charge in [0.1, 0.15) is 0 Å². The topological polar surface area (TPSA) is 48.8 Å². The molecule has 0 bridgehead atoms. The molecule has 0 saturated carbocycles. The second-order valence-electron chi connectivity index (χ2n) is 9.11. The Morgan fingerprint density at radius 2 is 0.833 bits per heavy atom. The minimum atomic E-state index is -0.0591. The highest BCUT2D eigenvalue weighted by Gasteiger charge is 2.16. The first-order valence-corrected chi connectivity index (χ1v) is 12.4. The molecule has 0 spiro atoms. The van der Waals surface area contributed by atoms with E-state index in [9.17, 15) is 0 Å². The van der Waals surface area contributed by atoms with Gasteiger partial charge in [-0.05, 0) is 63.1 Å². The van der Waals surface area contributed by atoms with Crippen molar-refractivity contribution in [3.63, 3.8) is 0 Å². The summed E-state index contributed by atoms with van der Waals surface area (Å²) in [5.74, 6) is 1.39. The Balaban J connectivity index is 1.78. The second-order valence-corrected chi connectivity index (χ2v) is 9.11. The SMILES string of the molecule is Cc1ccc(NC(=N[C@@H](C)c2ccccc2)C(=N[C@@H](C)c2ccccc2)Nc2ccc(C)cc2)cc1. The Morgan fingerprint density at radius 1 is 0.500 bits per heavy atom. The molecule has 4 aromatic carbocycles. The number of amidine groups is 2. The number of aliphatic imine (C=N–C) groups is 2. The lowest BCUT2D eigenvalue weighted by atomic mass is 10.1. The second kappa shape index (κ2) is 12.0.